The van der Waals surface area contributed by atoms with E-state index >= 15 is 0 Å². The number of hydrogen-bond donors (Lipinski definition) is 1. The van der Waals surface area contributed by atoms with Crippen molar-refractivity contribution in [1.29, 1.82) is 0 Å². The van der Waals surface area contributed by atoms with Crippen molar-refractivity contribution in [3.8, 4) is 11.3 Å². The van der Waals surface area contributed by atoms with E-state index in [4.69, 9.17) is 10.3 Å². The number of aromatic nitrogens is 2. The van der Waals surface area contributed by atoms with E-state index in [9.17, 15) is 0 Å². The molecule has 0 amide bonds. The van der Waals surface area contributed by atoms with Crippen molar-refractivity contribution >= 4 is 16.7 Å². The van der Waals surface area contributed by atoms with Gasteiger partial charge >= 0.3 is 0 Å². The van der Waals surface area contributed by atoms with Crippen LogP contribution in [0.15, 0.2) is 47.2 Å². The van der Waals surface area contributed by atoms with Gasteiger partial charge in [-0.2, -0.15) is 0 Å². The number of hydrogen-bond acceptors (Lipinski definition) is 4. The van der Waals surface area contributed by atoms with Crippen LogP contribution in [-0.4, -0.2) is 10.1 Å². The highest BCUT2D eigenvalue weighted by Crippen LogP contribution is 2.24. The molecule has 0 spiro atoms. The zero-order chi connectivity index (χ0) is 11.0. The van der Waals surface area contributed by atoms with Gasteiger partial charge in [0.25, 0.3) is 0 Å². The number of fused-ring (bicyclic) bond motifs is 1. The van der Waals surface area contributed by atoms with Gasteiger partial charge in [-0.05, 0) is 17.5 Å². The molecule has 0 fully saturated rings. The normalized spacial score (nSPS) is 10.8. The summed E-state index contributed by atoms with van der Waals surface area (Å²) in [6.07, 6.45) is 3.60. The fourth-order valence-corrected chi connectivity index (χ4v) is 1.67. The van der Waals surface area contributed by atoms with Crippen molar-refractivity contribution in [2.75, 3.05) is 5.73 Å². The van der Waals surface area contributed by atoms with Crippen LogP contribution in [0.2, 0.25) is 0 Å². The number of nitrogen functional groups attached to an aromatic ring is 1. The lowest BCUT2D eigenvalue weighted by Gasteiger charge is -1.99. The summed E-state index contributed by atoms with van der Waals surface area (Å²) in [7, 11) is 0. The fourth-order valence-electron chi connectivity index (χ4n) is 1.67. The Labute approximate surface area is 91.7 Å². The second-order valence-electron chi connectivity index (χ2n) is 3.55. The van der Waals surface area contributed by atoms with Crippen molar-refractivity contribution in [2.24, 2.45) is 0 Å². The van der Waals surface area contributed by atoms with E-state index in [1.807, 2.05) is 30.5 Å². The Balaban J connectivity index is 2.18. The van der Waals surface area contributed by atoms with Crippen LogP contribution in [0.3, 0.4) is 0 Å². The molecule has 0 bridgehead atoms. The molecule has 2 heterocycles. The topological polar surface area (TPSA) is 64.9 Å². The Morgan fingerprint density at radius 2 is 2.00 bits per heavy atom. The molecule has 4 nitrogen and oxygen atoms in total. The lowest BCUT2D eigenvalue weighted by molar-refractivity contribution is 0.439. The van der Waals surface area contributed by atoms with Crippen LogP contribution in [0.5, 0.6) is 0 Å². The van der Waals surface area contributed by atoms with Crippen LogP contribution in [0.1, 0.15) is 0 Å². The molecule has 0 aliphatic rings. The maximum atomic E-state index is 5.49. The number of rotatable bonds is 1. The third-order valence-corrected chi connectivity index (χ3v) is 2.46. The smallest absolute Gasteiger partial charge is 0.222 e. The van der Waals surface area contributed by atoms with E-state index in [-0.39, 0.29) is 0 Å². The first-order chi connectivity index (χ1) is 7.83. The van der Waals surface area contributed by atoms with E-state index in [1.165, 1.54) is 0 Å². The van der Waals surface area contributed by atoms with Gasteiger partial charge in [-0.15, -0.1) is 0 Å². The molecule has 3 aromatic rings. The Kier molecular flexibility index (Phi) is 1.86. The highest BCUT2D eigenvalue weighted by molar-refractivity contribution is 5.86. The molecule has 0 atom stereocenters. The molecule has 3 rings (SSSR count). The van der Waals surface area contributed by atoms with Crippen molar-refractivity contribution in [3.63, 3.8) is 0 Å². The number of nitrogens with two attached hydrogens (primary N) is 1. The van der Waals surface area contributed by atoms with Crippen LogP contribution in [0.4, 0.5) is 5.88 Å². The summed E-state index contributed by atoms with van der Waals surface area (Å²) in [6.45, 7) is 0. The maximum Gasteiger partial charge on any atom is 0.222 e. The molecule has 2 aromatic heterocycles. The van der Waals surface area contributed by atoms with Gasteiger partial charge in [0.1, 0.15) is 5.69 Å². The molecule has 16 heavy (non-hydrogen) atoms. The Hall–Kier alpha value is -2.36. The van der Waals surface area contributed by atoms with Gasteiger partial charge in [-0.25, -0.2) is 0 Å². The Morgan fingerprint density at radius 3 is 2.81 bits per heavy atom. The molecule has 78 valence electrons. The molecular formula is C12H9N3O. The lowest BCUT2D eigenvalue weighted by atomic mass is 10.1. The Bertz CT molecular complexity index is 645. The summed E-state index contributed by atoms with van der Waals surface area (Å²) < 4.78 is 4.84. The molecule has 0 aliphatic heterocycles. The second kappa shape index (κ2) is 3.34. The summed E-state index contributed by atoms with van der Waals surface area (Å²) in [5.74, 6) is 0.321. The van der Waals surface area contributed by atoms with E-state index in [0.717, 1.165) is 22.0 Å². The van der Waals surface area contributed by atoms with Crippen LogP contribution < -0.4 is 5.73 Å². The molecule has 0 aliphatic carbocycles. The molecule has 2 N–H and O–H groups in total. The van der Waals surface area contributed by atoms with Crippen LogP contribution in [0.25, 0.3) is 22.0 Å². The molecule has 0 saturated heterocycles. The number of anilines is 1. The minimum Gasteiger partial charge on any atom is -0.368 e. The van der Waals surface area contributed by atoms with Gasteiger partial charge in [0.15, 0.2) is 0 Å². The van der Waals surface area contributed by atoms with E-state index in [0.29, 0.717) is 5.88 Å². The highest BCUT2D eigenvalue weighted by Gasteiger charge is 2.04. The van der Waals surface area contributed by atoms with Crippen LogP contribution in [-0.2, 0) is 0 Å². The van der Waals surface area contributed by atoms with Crippen molar-refractivity contribution in [3.05, 3.63) is 42.7 Å². The molecule has 1 aromatic carbocycles. The fraction of sp³-hybridized carbons (Fsp3) is 0. The van der Waals surface area contributed by atoms with Crippen LogP contribution >= 0.6 is 0 Å². The maximum absolute atomic E-state index is 5.49. The van der Waals surface area contributed by atoms with Gasteiger partial charge in [-0.3, -0.25) is 4.98 Å². The number of benzene rings is 1. The molecule has 0 saturated carbocycles. The summed E-state index contributed by atoms with van der Waals surface area (Å²) in [4.78, 5) is 4.08. The second-order valence-corrected chi connectivity index (χ2v) is 3.55. The predicted molar refractivity (Wildman–Crippen MR) is 61.7 cm³/mol. The van der Waals surface area contributed by atoms with Gasteiger partial charge in [0.05, 0.1) is 0 Å². The zero-order valence-electron chi connectivity index (χ0n) is 8.42. The average molecular weight is 211 g/mol. The van der Waals surface area contributed by atoms with E-state index in [2.05, 4.69) is 10.1 Å². The monoisotopic (exact) mass is 211 g/mol. The summed E-state index contributed by atoms with van der Waals surface area (Å²) in [6, 6.07) is 9.70. The SMILES string of the molecule is Nc1cc(-c2ccc3ccncc3c2)no1. The summed E-state index contributed by atoms with van der Waals surface area (Å²) in [5.41, 5.74) is 7.20. The van der Waals surface area contributed by atoms with Gasteiger partial charge in [0, 0.05) is 29.4 Å². The van der Waals surface area contributed by atoms with Crippen LogP contribution in [0, 0.1) is 0 Å². The largest absolute Gasteiger partial charge is 0.368 e. The Morgan fingerprint density at radius 1 is 1.06 bits per heavy atom. The van der Waals surface area contributed by atoms with E-state index < -0.39 is 0 Å². The number of nitrogens with zero attached hydrogens (tertiary/aromatic N) is 2. The summed E-state index contributed by atoms with van der Waals surface area (Å²) >= 11 is 0. The molecule has 4 heteroatoms. The molecule has 0 radical (unpaired) electrons. The standard InChI is InChI=1S/C12H9N3O/c13-12-6-11(15-16-12)9-2-1-8-3-4-14-7-10(8)5-9/h1-7H,13H2. The van der Waals surface area contributed by atoms with Gasteiger partial charge < -0.3 is 10.3 Å². The zero-order valence-corrected chi connectivity index (χ0v) is 8.42. The number of pyridine rings is 1. The minimum absolute atomic E-state index is 0.321. The predicted octanol–water partition coefficient (Wildman–Crippen LogP) is 2.47. The van der Waals surface area contributed by atoms with Crippen molar-refractivity contribution in [2.45, 2.75) is 0 Å². The van der Waals surface area contributed by atoms with Crippen molar-refractivity contribution in [1.82, 2.24) is 10.1 Å². The quantitative estimate of drug-likeness (QED) is 0.671. The van der Waals surface area contributed by atoms with Crippen molar-refractivity contribution < 1.29 is 4.52 Å². The summed E-state index contributed by atoms with van der Waals surface area (Å²) in [5, 5.41) is 6.09. The lowest BCUT2D eigenvalue weighted by Crippen LogP contribution is -1.80. The third-order valence-electron chi connectivity index (χ3n) is 2.46. The first-order valence-corrected chi connectivity index (χ1v) is 4.89. The molecule has 0 unspecified atom stereocenters. The average Bonchev–Trinajstić information content (AvgIpc) is 2.75. The molecular weight excluding hydrogens is 202 g/mol. The third kappa shape index (κ3) is 1.40. The first-order valence-electron chi connectivity index (χ1n) is 4.89. The first kappa shape index (κ1) is 8.91. The highest BCUT2D eigenvalue weighted by atomic mass is 16.5. The van der Waals surface area contributed by atoms with Gasteiger partial charge in [0.2, 0.25) is 5.88 Å². The van der Waals surface area contributed by atoms with E-state index in [1.54, 1.807) is 12.3 Å². The minimum atomic E-state index is 0.321. The van der Waals surface area contributed by atoms with Gasteiger partial charge in [-0.1, -0.05) is 17.3 Å².